The number of imidazole rings is 1. The van der Waals surface area contributed by atoms with Crippen LogP contribution in [0.4, 0.5) is 5.95 Å². The Hall–Kier alpha value is -1.61. The Bertz CT molecular complexity index is 948. The minimum Gasteiger partial charge on any atom is -0.369 e. The van der Waals surface area contributed by atoms with Gasteiger partial charge in [0, 0.05) is 9.83 Å². The molecule has 7 heteroatoms. The van der Waals surface area contributed by atoms with Gasteiger partial charge in [0.15, 0.2) is 9.84 Å². The van der Waals surface area contributed by atoms with Gasteiger partial charge in [-0.15, -0.1) is 0 Å². The normalized spacial score (nSPS) is 11.9. The Balaban J connectivity index is 2.42. The fourth-order valence-electron chi connectivity index (χ4n) is 2.28. The Morgan fingerprint density at radius 3 is 2.52 bits per heavy atom. The number of halogens is 1. The van der Waals surface area contributed by atoms with E-state index in [4.69, 9.17) is 5.73 Å². The van der Waals surface area contributed by atoms with Crippen molar-refractivity contribution in [1.82, 2.24) is 9.55 Å². The van der Waals surface area contributed by atoms with Gasteiger partial charge in [0.25, 0.3) is 0 Å². The molecule has 0 atom stereocenters. The van der Waals surface area contributed by atoms with Crippen molar-refractivity contribution in [3.63, 3.8) is 0 Å². The van der Waals surface area contributed by atoms with E-state index in [0.717, 1.165) is 9.26 Å². The molecule has 1 aromatic heterocycles. The molecule has 0 spiro atoms. The zero-order valence-corrected chi connectivity index (χ0v) is 14.1. The van der Waals surface area contributed by atoms with Crippen LogP contribution in [0.25, 0.3) is 16.7 Å². The fourth-order valence-corrected chi connectivity index (χ4v) is 3.73. The van der Waals surface area contributed by atoms with Crippen LogP contribution in [0.1, 0.15) is 0 Å². The van der Waals surface area contributed by atoms with Crippen LogP contribution in [0.15, 0.2) is 47.4 Å². The summed E-state index contributed by atoms with van der Waals surface area (Å²) in [5, 5.41) is 0. The van der Waals surface area contributed by atoms with E-state index in [9.17, 15) is 8.42 Å². The molecular weight excluding hydrogens is 401 g/mol. The van der Waals surface area contributed by atoms with Gasteiger partial charge in [-0.2, -0.15) is 0 Å². The van der Waals surface area contributed by atoms with E-state index in [1.807, 2.05) is 30.3 Å². The second-order valence-corrected chi connectivity index (χ2v) is 7.80. The van der Waals surface area contributed by atoms with E-state index in [1.165, 1.54) is 6.26 Å². The number of para-hydroxylation sites is 2. The average Bonchev–Trinajstić information content (AvgIpc) is 2.74. The summed E-state index contributed by atoms with van der Waals surface area (Å²) in [7, 11) is -3.36. The number of hydrogen-bond donors (Lipinski definition) is 1. The van der Waals surface area contributed by atoms with Gasteiger partial charge in [0.1, 0.15) is 5.52 Å². The fraction of sp³-hybridized carbons (Fsp3) is 0.0714. The minimum absolute atomic E-state index is 0.191. The predicted octanol–water partition coefficient (Wildman–Crippen LogP) is 2.62. The molecule has 0 aliphatic rings. The van der Waals surface area contributed by atoms with E-state index < -0.39 is 9.84 Å². The second-order valence-electron chi connectivity index (χ2n) is 4.65. The van der Waals surface area contributed by atoms with E-state index >= 15 is 0 Å². The van der Waals surface area contributed by atoms with E-state index in [1.54, 1.807) is 16.7 Å². The van der Waals surface area contributed by atoms with Crippen molar-refractivity contribution in [3.8, 4) is 5.69 Å². The third kappa shape index (κ3) is 2.40. The number of nitrogen functional groups attached to an aromatic ring is 1. The maximum atomic E-state index is 11.9. The highest BCUT2D eigenvalue weighted by molar-refractivity contribution is 14.1. The van der Waals surface area contributed by atoms with Gasteiger partial charge in [-0.1, -0.05) is 18.2 Å². The molecule has 3 aromatic rings. The van der Waals surface area contributed by atoms with Crippen LogP contribution in [0.2, 0.25) is 0 Å². The van der Waals surface area contributed by atoms with Crippen LogP contribution in [-0.2, 0) is 9.84 Å². The average molecular weight is 413 g/mol. The maximum Gasteiger partial charge on any atom is 0.206 e. The first-order chi connectivity index (χ1) is 9.89. The van der Waals surface area contributed by atoms with Crippen LogP contribution in [0, 0.1) is 3.57 Å². The van der Waals surface area contributed by atoms with Gasteiger partial charge in [-0.05, 0) is 46.9 Å². The number of sulfone groups is 1. The Morgan fingerprint density at radius 2 is 1.86 bits per heavy atom. The van der Waals surface area contributed by atoms with E-state index in [2.05, 4.69) is 27.6 Å². The lowest BCUT2D eigenvalue weighted by atomic mass is 10.3. The highest BCUT2D eigenvalue weighted by Gasteiger charge is 2.19. The SMILES string of the molecule is CS(=O)(=O)c1cccc2c1nc(N)n2-c1ccccc1I. The molecule has 0 saturated heterocycles. The number of benzene rings is 2. The first-order valence-electron chi connectivity index (χ1n) is 6.11. The molecular formula is C14H12IN3O2S. The summed E-state index contributed by atoms with van der Waals surface area (Å²) in [4.78, 5) is 4.45. The molecule has 0 aliphatic heterocycles. The number of rotatable bonds is 2. The standard InChI is InChI=1S/C14H12IN3O2S/c1-21(19,20)12-8-4-7-11-13(12)17-14(16)18(11)10-6-3-2-5-9(10)15/h2-8H,1H3,(H2,16,17). The van der Waals surface area contributed by atoms with Crippen molar-refractivity contribution >= 4 is 49.4 Å². The molecule has 0 radical (unpaired) electrons. The number of aromatic nitrogens is 2. The monoisotopic (exact) mass is 413 g/mol. The number of fused-ring (bicyclic) bond motifs is 1. The molecule has 5 nitrogen and oxygen atoms in total. The van der Waals surface area contributed by atoms with Crippen molar-refractivity contribution in [3.05, 3.63) is 46.0 Å². The Kier molecular flexibility index (Phi) is 3.40. The second kappa shape index (κ2) is 4.99. The lowest BCUT2D eigenvalue weighted by molar-refractivity contribution is 0.602. The van der Waals surface area contributed by atoms with Crippen molar-refractivity contribution in [1.29, 1.82) is 0 Å². The highest BCUT2D eigenvalue weighted by Crippen LogP contribution is 2.29. The third-order valence-electron chi connectivity index (χ3n) is 3.17. The molecule has 0 saturated carbocycles. The van der Waals surface area contributed by atoms with Crippen molar-refractivity contribution in [2.75, 3.05) is 12.0 Å². The topological polar surface area (TPSA) is 78.0 Å². The molecule has 0 bridgehead atoms. The molecule has 108 valence electrons. The summed E-state index contributed by atoms with van der Waals surface area (Å²) in [6.45, 7) is 0. The van der Waals surface area contributed by atoms with Crippen LogP contribution in [0.5, 0.6) is 0 Å². The first-order valence-corrected chi connectivity index (χ1v) is 9.08. The van der Waals surface area contributed by atoms with Crippen LogP contribution < -0.4 is 5.73 Å². The summed E-state index contributed by atoms with van der Waals surface area (Å²) in [6, 6.07) is 12.8. The summed E-state index contributed by atoms with van der Waals surface area (Å²) in [5.41, 5.74) is 7.98. The van der Waals surface area contributed by atoms with Gasteiger partial charge in [-0.3, -0.25) is 4.57 Å². The van der Waals surface area contributed by atoms with Crippen LogP contribution >= 0.6 is 22.6 Å². The lowest BCUT2D eigenvalue weighted by Gasteiger charge is -2.08. The molecule has 2 aromatic carbocycles. The van der Waals surface area contributed by atoms with Crippen molar-refractivity contribution in [2.45, 2.75) is 4.90 Å². The Morgan fingerprint density at radius 1 is 1.14 bits per heavy atom. The summed E-state index contributed by atoms with van der Waals surface area (Å²) < 4.78 is 26.5. The molecule has 21 heavy (non-hydrogen) atoms. The third-order valence-corrected chi connectivity index (χ3v) is 5.21. The molecule has 0 unspecified atom stereocenters. The molecule has 3 rings (SSSR count). The zero-order chi connectivity index (χ0) is 15.2. The number of nitrogens with zero attached hydrogens (tertiary/aromatic N) is 2. The zero-order valence-electron chi connectivity index (χ0n) is 11.1. The van der Waals surface area contributed by atoms with Crippen molar-refractivity contribution in [2.24, 2.45) is 0 Å². The molecule has 0 fully saturated rings. The molecule has 1 heterocycles. The first kappa shape index (κ1) is 14.3. The maximum absolute atomic E-state index is 11.9. The molecule has 0 aliphatic carbocycles. The smallest absolute Gasteiger partial charge is 0.206 e. The number of hydrogen-bond acceptors (Lipinski definition) is 4. The predicted molar refractivity (Wildman–Crippen MR) is 91.3 cm³/mol. The van der Waals surface area contributed by atoms with E-state index in [-0.39, 0.29) is 10.8 Å². The van der Waals surface area contributed by atoms with Crippen LogP contribution in [0.3, 0.4) is 0 Å². The molecule has 0 amide bonds. The van der Waals surface area contributed by atoms with E-state index in [0.29, 0.717) is 11.0 Å². The highest BCUT2D eigenvalue weighted by atomic mass is 127. The van der Waals surface area contributed by atoms with Gasteiger partial charge in [-0.25, -0.2) is 13.4 Å². The number of nitrogens with two attached hydrogens (primary N) is 1. The Labute approximate surface area is 135 Å². The minimum atomic E-state index is -3.36. The summed E-state index contributed by atoms with van der Waals surface area (Å²) >= 11 is 2.21. The van der Waals surface area contributed by atoms with Gasteiger partial charge >= 0.3 is 0 Å². The quantitative estimate of drug-likeness (QED) is 0.656. The van der Waals surface area contributed by atoms with Gasteiger partial charge in [0.2, 0.25) is 5.95 Å². The van der Waals surface area contributed by atoms with Gasteiger partial charge in [0.05, 0.1) is 16.1 Å². The lowest BCUT2D eigenvalue weighted by Crippen LogP contribution is -2.02. The molecule has 2 N–H and O–H groups in total. The largest absolute Gasteiger partial charge is 0.369 e. The van der Waals surface area contributed by atoms with Gasteiger partial charge < -0.3 is 5.73 Å². The van der Waals surface area contributed by atoms with Crippen molar-refractivity contribution < 1.29 is 8.42 Å². The van der Waals surface area contributed by atoms with Crippen LogP contribution in [-0.4, -0.2) is 24.2 Å². The summed E-state index contributed by atoms with van der Waals surface area (Å²) in [6.07, 6.45) is 1.17. The summed E-state index contributed by atoms with van der Waals surface area (Å²) in [5.74, 6) is 0.269. The number of anilines is 1.